The number of guanidine groups is 1. The molecule has 1 heterocycles. The van der Waals surface area contributed by atoms with Crippen LogP contribution in [0.25, 0.3) is 0 Å². The van der Waals surface area contributed by atoms with Crippen LogP contribution in [0.5, 0.6) is 0 Å². The zero-order chi connectivity index (χ0) is 17.9. The number of aryl methyl sites for hydroxylation is 2. The summed E-state index contributed by atoms with van der Waals surface area (Å²) in [5, 5.41) is 7.77. The third kappa shape index (κ3) is 7.23. The number of aromatic nitrogens is 1. The quantitative estimate of drug-likeness (QED) is 0.410. The van der Waals surface area contributed by atoms with Crippen molar-refractivity contribution in [3.05, 3.63) is 51.5 Å². The van der Waals surface area contributed by atoms with Crippen molar-refractivity contribution >= 4 is 17.3 Å². The zero-order valence-corrected chi connectivity index (χ0v) is 16.2. The summed E-state index contributed by atoms with van der Waals surface area (Å²) in [5.74, 6) is 0.838. The monoisotopic (exact) mass is 360 g/mol. The van der Waals surface area contributed by atoms with Crippen LogP contribution in [0, 0.1) is 13.8 Å². The van der Waals surface area contributed by atoms with E-state index in [-0.39, 0.29) is 0 Å². The van der Waals surface area contributed by atoms with E-state index in [4.69, 9.17) is 4.74 Å². The van der Waals surface area contributed by atoms with Gasteiger partial charge in [-0.1, -0.05) is 30.3 Å². The number of aliphatic imine (C=N–C) groups is 1. The van der Waals surface area contributed by atoms with Gasteiger partial charge >= 0.3 is 0 Å². The SMILES string of the molecule is CCNC(=NCCOCc1ccccc1)NCCc1sc(C)nc1C. The summed E-state index contributed by atoms with van der Waals surface area (Å²) < 4.78 is 5.67. The molecule has 1 aromatic carbocycles. The number of rotatable bonds is 9. The molecule has 0 aliphatic heterocycles. The van der Waals surface area contributed by atoms with E-state index in [1.54, 1.807) is 11.3 Å². The van der Waals surface area contributed by atoms with E-state index in [1.165, 1.54) is 10.4 Å². The van der Waals surface area contributed by atoms with Gasteiger partial charge < -0.3 is 15.4 Å². The number of hydrogen-bond donors (Lipinski definition) is 2. The van der Waals surface area contributed by atoms with Crippen LogP contribution in [-0.4, -0.2) is 37.2 Å². The van der Waals surface area contributed by atoms with Gasteiger partial charge in [0.25, 0.3) is 0 Å². The molecule has 6 heteroatoms. The highest BCUT2D eigenvalue weighted by Crippen LogP contribution is 2.16. The Balaban J connectivity index is 1.69. The lowest BCUT2D eigenvalue weighted by Gasteiger charge is -2.11. The normalized spacial score (nSPS) is 11.6. The summed E-state index contributed by atoms with van der Waals surface area (Å²) in [5.41, 5.74) is 2.33. The van der Waals surface area contributed by atoms with Crippen LogP contribution < -0.4 is 10.6 Å². The molecule has 1 aromatic heterocycles. The first kappa shape index (κ1) is 19.4. The van der Waals surface area contributed by atoms with E-state index in [0.717, 1.165) is 36.2 Å². The Kier molecular flexibility index (Phi) is 8.42. The summed E-state index contributed by atoms with van der Waals surface area (Å²) >= 11 is 1.77. The highest BCUT2D eigenvalue weighted by Gasteiger charge is 2.05. The van der Waals surface area contributed by atoms with E-state index < -0.39 is 0 Å². The number of benzene rings is 1. The first-order valence-corrected chi connectivity index (χ1v) is 9.57. The number of ether oxygens (including phenoxy) is 1. The molecule has 2 N–H and O–H groups in total. The smallest absolute Gasteiger partial charge is 0.191 e. The summed E-state index contributed by atoms with van der Waals surface area (Å²) in [4.78, 5) is 10.4. The second kappa shape index (κ2) is 10.8. The standard InChI is InChI=1S/C19H28N4OS/c1-4-20-19(21-11-10-18-15(2)23-16(3)25-18)22-12-13-24-14-17-8-6-5-7-9-17/h5-9H,4,10-14H2,1-3H3,(H2,20,21,22). The summed E-state index contributed by atoms with van der Waals surface area (Å²) in [6.07, 6.45) is 0.965. The van der Waals surface area contributed by atoms with Gasteiger partial charge in [-0.15, -0.1) is 11.3 Å². The van der Waals surface area contributed by atoms with Crippen LogP contribution in [0.1, 0.15) is 28.1 Å². The van der Waals surface area contributed by atoms with Gasteiger partial charge in [0.05, 0.1) is 30.5 Å². The van der Waals surface area contributed by atoms with Crippen molar-refractivity contribution in [3.8, 4) is 0 Å². The lowest BCUT2D eigenvalue weighted by Crippen LogP contribution is -2.38. The molecule has 2 aromatic rings. The van der Waals surface area contributed by atoms with Gasteiger partial charge in [-0.05, 0) is 26.3 Å². The van der Waals surface area contributed by atoms with E-state index in [2.05, 4.69) is 53.5 Å². The molecule has 25 heavy (non-hydrogen) atoms. The molecule has 0 aliphatic rings. The lowest BCUT2D eigenvalue weighted by molar-refractivity contribution is 0.128. The van der Waals surface area contributed by atoms with Crippen molar-refractivity contribution < 1.29 is 4.74 Å². The molecule has 0 saturated heterocycles. The minimum absolute atomic E-state index is 0.610. The zero-order valence-electron chi connectivity index (χ0n) is 15.3. The van der Waals surface area contributed by atoms with Gasteiger partial charge in [-0.3, -0.25) is 4.99 Å². The maximum Gasteiger partial charge on any atom is 0.191 e. The Morgan fingerprint density at radius 2 is 2.00 bits per heavy atom. The van der Waals surface area contributed by atoms with Gasteiger partial charge in [0.2, 0.25) is 0 Å². The van der Waals surface area contributed by atoms with Crippen molar-refractivity contribution in [1.82, 2.24) is 15.6 Å². The largest absolute Gasteiger partial charge is 0.375 e. The molecule has 2 rings (SSSR count). The molecule has 0 aliphatic carbocycles. The topological polar surface area (TPSA) is 58.5 Å². The molecule has 136 valence electrons. The molecule has 0 atom stereocenters. The average Bonchev–Trinajstić information content (AvgIpc) is 2.93. The maximum atomic E-state index is 5.67. The highest BCUT2D eigenvalue weighted by molar-refractivity contribution is 7.11. The lowest BCUT2D eigenvalue weighted by atomic mass is 10.2. The summed E-state index contributed by atoms with van der Waals surface area (Å²) in [6.45, 7) is 9.76. The minimum Gasteiger partial charge on any atom is -0.375 e. The molecule has 0 fully saturated rings. The first-order chi connectivity index (χ1) is 12.2. The minimum atomic E-state index is 0.610. The van der Waals surface area contributed by atoms with Crippen molar-refractivity contribution in [1.29, 1.82) is 0 Å². The number of nitrogens with one attached hydrogen (secondary N) is 2. The van der Waals surface area contributed by atoms with Crippen LogP contribution in [0.15, 0.2) is 35.3 Å². The van der Waals surface area contributed by atoms with Crippen molar-refractivity contribution in [2.24, 2.45) is 4.99 Å². The Morgan fingerprint density at radius 1 is 1.20 bits per heavy atom. The highest BCUT2D eigenvalue weighted by atomic mass is 32.1. The van der Waals surface area contributed by atoms with Crippen LogP contribution in [0.3, 0.4) is 0 Å². The number of nitrogens with zero attached hydrogens (tertiary/aromatic N) is 2. The van der Waals surface area contributed by atoms with Crippen LogP contribution >= 0.6 is 11.3 Å². The molecule has 0 amide bonds. The van der Waals surface area contributed by atoms with Crippen LogP contribution in [0.2, 0.25) is 0 Å². The average molecular weight is 361 g/mol. The Labute approximate surface area is 154 Å². The molecule has 0 bridgehead atoms. The van der Waals surface area contributed by atoms with Crippen molar-refractivity contribution in [2.45, 2.75) is 33.8 Å². The molecular formula is C19H28N4OS. The maximum absolute atomic E-state index is 5.67. The molecule has 0 radical (unpaired) electrons. The van der Waals surface area contributed by atoms with E-state index >= 15 is 0 Å². The van der Waals surface area contributed by atoms with Crippen molar-refractivity contribution in [3.63, 3.8) is 0 Å². The molecular weight excluding hydrogens is 332 g/mol. The Hall–Kier alpha value is -1.92. The van der Waals surface area contributed by atoms with Gasteiger partial charge in [-0.25, -0.2) is 4.98 Å². The van der Waals surface area contributed by atoms with E-state index in [1.807, 2.05) is 18.2 Å². The second-order valence-electron chi connectivity index (χ2n) is 5.72. The molecule has 5 nitrogen and oxygen atoms in total. The third-order valence-electron chi connectivity index (χ3n) is 3.61. The van der Waals surface area contributed by atoms with Gasteiger partial charge in [0.15, 0.2) is 5.96 Å². The Morgan fingerprint density at radius 3 is 2.68 bits per heavy atom. The fraction of sp³-hybridized carbons (Fsp3) is 0.474. The fourth-order valence-corrected chi connectivity index (χ4v) is 3.36. The molecule has 0 unspecified atom stereocenters. The van der Waals surface area contributed by atoms with Gasteiger partial charge in [0, 0.05) is 24.4 Å². The Bertz CT molecular complexity index is 655. The van der Waals surface area contributed by atoms with Gasteiger partial charge in [-0.2, -0.15) is 0 Å². The van der Waals surface area contributed by atoms with E-state index in [0.29, 0.717) is 19.8 Å². The fourth-order valence-electron chi connectivity index (χ4n) is 2.43. The van der Waals surface area contributed by atoms with E-state index in [9.17, 15) is 0 Å². The second-order valence-corrected chi connectivity index (χ2v) is 7.00. The summed E-state index contributed by atoms with van der Waals surface area (Å²) in [6, 6.07) is 10.2. The third-order valence-corrected chi connectivity index (χ3v) is 4.74. The van der Waals surface area contributed by atoms with Crippen LogP contribution in [-0.2, 0) is 17.8 Å². The predicted molar refractivity (Wildman–Crippen MR) is 105 cm³/mol. The molecule has 0 saturated carbocycles. The number of thiazole rings is 1. The first-order valence-electron chi connectivity index (χ1n) is 8.75. The predicted octanol–water partition coefficient (Wildman–Crippen LogP) is 3.07. The summed E-state index contributed by atoms with van der Waals surface area (Å²) in [7, 11) is 0. The van der Waals surface area contributed by atoms with Crippen molar-refractivity contribution in [2.75, 3.05) is 26.2 Å². The van der Waals surface area contributed by atoms with Gasteiger partial charge in [0.1, 0.15) is 0 Å². The van der Waals surface area contributed by atoms with Crippen LogP contribution in [0.4, 0.5) is 0 Å². The molecule has 0 spiro atoms. The number of hydrogen-bond acceptors (Lipinski definition) is 4.